The highest BCUT2D eigenvalue weighted by Gasteiger charge is 2.42. The smallest absolute Gasteiger partial charge is 0.233 e. The number of amides is 2. The molecule has 0 saturated carbocycles. The number of rotatable bonds is 4. The van der Waals surface area contributed by atoms with Crippen LogP contribution in [0.15, 0.2) is 47.4 Å². The van der Waals surface area contributed by atoms with Gasteiger partial charge in [0.25, 0.3) is 0 Å². The number of benzene rings is 1. The fraction of sp³-hybridized carbons (Fsp3) is 0.300. The van der Waals surface area contributed by atoms with Gasteiger partial charge < -0.3 is 14.3 Å². The summed E-state index contributed by atoms with van der Waals surface area (Å²) in [6.07, 6.45) is 4.90. The summed E-state index contributed by atoms with van der Waals surface area (Å²) in [5.41, 5.74) is 1.29. The van der Waals surface area contributed by atoms with Crippen molar-refractivity contribution in [2.24, 2.45) is 5.92 Å². The Bertz CT molecular complexity index is 1080. The number of halogens is 1. The van der Waals surface area contributed by atoms with E-state index in [4.69, 9.17) is 16.1 Å². The fourth-order valence-electron chi connectivity index (χ4n) is 3.74. The van der Waals surface area contributed by atoms with Crippen molar-refractivity contribution in [3.8, 4) is 11.5 Å². The van der Waals surface area contributed by atoms with Crippen molar-refractivity contribution in [1.82, 2.24) is 25.0 Å². The molecule has 1 aromatic carbocycles. The number of anilines is 1. The van der Waals surface area contributed by atoms with Gasteiger partial charge in [0, 0.05) is 49.2 Å². The molecule has 0 aliphatic carbocycles. The van der Waals surface area contributed by atoms with Crippen molar-refractivity contribution >= 4 is 29.1 Å². The molecule has 0 N–H and O–H groups in total. The molecule has 1 atom stereocenters. The molecular weight excluding hydrogens is 408 g/mol. The highest BCUT2D eigenvalue weighted by molar-refractivity contribution is 6.30. The number of aromatic nitrogens is 4. The van der Waals surface area contributed by atoms with Crippen LogP contribution in [0.4, 0.5) is 5.69 Å². The van der Waals surface area contributed by atoms with E-state index in [1.54, 1.807) is 52.7 Å². The van der Waals surface area contributed by atoms with Crippen LogP contribution in [0.1, 0.15) is 18.2 Å². The Morgan fingerprint density at radius 3 is 2.67 bits per heavy atom. The predicted octanol–water partition coefficient (Wildman–Crippen LogP) is 2.16. The standard InChI is InChI=1S/C20H17ClN6O3/c21-14-1-3-15(4-2-14)27-11-12(7-17(27)28)20(29)26-9-13(10-26)19-24-18(25-30-19)16-8-22-5-6-23-16/h1-6,8,12-13H,7,9-11H2. The number of hydrogen-bond acceptors (Lipinski definition) is 7. The quantitative estimate of drug-likeness (QED) is 0.631. The molecule has 3 aromatic rings. The van der Waals surface area contributed by atoms with E-state index < -0.39 is 0 Å². The van der Waals surface area contributed by atoms with Gasteiger partial charge in [-0.05, 0) is 24.3 Å². The molecule has 0 radical (unpaired) electrons. The Hall–Kier alpha value is -3.33. The van der Waals surface area contributed by atoms with E-state index in [-0.39, 0.29) is 30.1 Å². The topological polar surface area (TPSA) is 105 Å². The van der Waals surface area contributed by atoms with Gasteiger partial charge in [-0.2, -0.15) is 4.98 Å². The van der Waals surface area contributed by atoms with Crippen molar-refractivity contribution in [2.45, 2.75) is 12.3 Å². The summed E-state index contributed by atoms with van der Waals surface area (Å²) in [5, 5.41) is 4.55. The summed E-state index contributed by atoms with van der Waals surface area (Å²) in [4.78, 5) is 41.1. The van der Waals surface area contributed by atoms with E-state index in [9.17, 15) is 9.59 Å². The van der Waals surface area contributed by atoms with Crippen molar-refractivity contribution < 1.29 is 14.1 Å². The van der Waals surface area contributed by atoms with Crippen LogP contribution in [0, 0.1) is 5.92 Å². The summed E-state index contributed by atoms with van der Waals surface area (Å²) >= 11 is 5.91. The molecule has 0 spiro atoms. The minimum absolute atomic E-state index is 0.0173. The minimum atomic E-state index is -0.355. The molecule has 1 unspecified atom stereocenters. The Morgan fingerprint density at radius 2 is 1.93 bits per heavy atom. The minimum Gasteiger partial charge on any atom is -0.341 e. The van der Waals surface area contributed by atoms with Gasteiger partial charge in [-0.3, -0.25) is 14.6 Å². The molecule has 2 amide bonds. The number of likely N-dealkylation sites (tertiary alicyclic amines) is 1. The third-order valence-corrected chi connectivity index (χ3v) is 5.64. The SMILES string of the molecule is O=C(C1CC(=O)N(c2ccc(Cl)cc2)C1)N1CC(c2nc(-c3cnccn3)no2)C1. The van der Waals surface area contributed by atoms with Gasteiger partial charge >= 0.3 is 0 Å². The molecular formula is C20H17ClN6O3. The second-order valence-corrected chi connectivity index (χ2v) is 7.81. The predicted molar refractivity (Wildman–Crippen MR) is 107 cm³/mol. The molecule has 30 heavy (non-hydrogen) atoms. The summed E-state index contributed by atoms with van der Waals surface area (Å²) in [6.45, 7) is 1.36. The Balaban J connectivity index is 1.20. The first-order valence-corrected chi connectivity index (χ1v) is 9.91. The highest BCUT2D eigenvalue weighted by atomic mass is 35.5. The van der Waals surface area contributed by atoms with E-state index in [0.29, 0.717) is 42.1 Å². The second kappa shape index (κ2) is 7.49. The van der Waals surface area contributed by atoms with E-state index >= 15 is 0 Å². The largest absolute Gasteiger partial charge is 0.341 e. The van der Waals surface area contributed by atoms with E-state index in [0.717, 1.165) is 5.69 Å². The molecule has 2 fully saturated rings. The Kier molecular flexibility index (Phi) is 4.66. The van der Waals surface area contributed by atoms with Crippen LogP contribution in [0.5, 0.6) is 0 Å². The third kappa shape index (κ3) is 3.41. The lowest BCUT2D eigenvalue weighted by Gasteiger charge is -2.38. The number of nitrogens with zero attached hydrogens (tertiary/aromatic N) is 6. The average Bonchev–Trinajstić information content (AvgIpc) is 3.35. The number of carbonyl (C=O) groups excluding carboxylic acids is 2. The lowest BCUT2D eigenvalue weighted by Crippen LogP contribution is -2.51. The molecule has 10 heteroatoms. The van der Waals surface area contributed by atoms with Gasteiger partial charge in [-0.15, -0.1) is 0 Å². The second-order valence-electron chi connectivity index (χ2n) is 7.37. The van der Waals surface area contributed by atoms with Crippen molar-refractivity contribution in [2.75, 3.05) is 24.5 Å². The molecule has 2 saturated heterocycles. The Labute approximate surface area is 176 Å². The van der Waals surface area contributed by atoms with Crippen LogP contribution < -0.4 is 4.90 Å². The van der Waals surface area contributed by atoms with E-state index in [1.807, 2.05) is 0 Å². The monoisotopic (exact) mass is 424 g/mol. The summed E-state index contributed by atoms with van der Waals surface area (Å²) < 4.78 is 5.34. The first-order valence-electron chi connectivity index (χ1n) is 9.53. The molecule has 2 aliphatic rings. The lowest BCUT2D eigenvalue weighted by molar-refractivity contribution is -0.140. The zero-order chi connectivity index (χ0) is 20.7. The van der Waals surface area contributed by atoms with Crippen LogP contribution in [-0.4, -0.2) is 56.5 Å². The van der Waals surface area contributed by atoms with Crippen molar-refractivity contribution in [3.63, 3.8) is 0 Å². The van der Waals surface area contributed by atoms with Gasteiger partial charge in [-0.1, -0.05) is 16.8 Å². The third-order valence-electron chi connectivity index (χ3n) is 5.39. The molecule has 5 rings (SSSR count). The summed E-state index contributed by atoms with van der Waals surface area (Å²) in [5.74, 6) is 0.402. The van der Waals surface area contributed by atoms with Crippen molar-refractivity contribution in [3.05, 3.63) is 53.8 Å². The van der Waals surface area contributed by atoms with Gasteiger partial charge in [0.05, 0.1) is 18.0 Å². The summed E-state index contributed by atoms with van der Waals surface area (Å²) in [7, 11) is 0. The maximum atomic E-state index is 12.8. The average molecular weight is 425 g/mol. The van der Waals surface area contributed by atoms with Gasteiger partial charge in [0.15, 0.2) is 0 Å². The zero-order valence-electron chi connectivity index (χ0n) is 15.8. The molecule has 2 aliphatic heterocycles. The molecule has 4 heterocycles. The number of carbonyl (C=O) groups is 2. The first kappa shape index (κ1) is 18.7. The summed E-state index contributed by atoms with van der Waals surface area (Å²) in [6, 6.07) is 7.05. The van der Waals surface area contributed by atoms with E-state index in [1.165, 1.54) is 0 Å². The van der Waals surface area contributed by atoms with Gasteiger partial charge in [0.2, 0.25) is 23.5 Å². The van der Waals surface area contributed by atoms with Crippen LogP contribution in [0.25, 0.3) is 11.5 Å². The van der Waals surface area contributed by atoms with Crippen LogP contribution in [-0.2, 0) is 9.59 Å². The molecule has 2 aromatic heterocycles. The maximum absolute atomic E-state index is 12.8. The molecule has 0 bridgehead atoms. The Morgan fingerprint density at radius 1 is 1.13 bits per heavy atom. The van der Waals surface area contributed by atoms with Gasteiger partial charge in [0.1, 0.15) is 5.69 Å². The normalized spacial score (nSPS) is 19.2. The van der Waals surface area contributed by atoms with Gasteiger partial charge in [-0.25, -0.2) is 4.98 Å². The first-order chi connectivity index (χ1) is 14.6. The van der Waals surface area contributed by atoms with Crippen LogP contribution >= 0.6 is 11.6 Å². The maximum Gasteiger partial charge on any atom is 0.233 e. The lowest BCUT2D eigenvalue weighted by atomic mass is 9.96. The number of hydrogen-bond donors (Lipinski definition) is 0. The highest BCUT2D eigenvalue weighted by Crippen LogP contribution is 2.32. The zero-order valence-corrected chi connectivity index (χ0v) is 16.6. The molecule has 152 valence electrons. The van der Waals surface area contributed by atoms with Crippen LogP contribution in [0.3, 0.4) is 0 Å². The van der Waals surface area contributed by atoms with Crippen LogP contribution in [0.2, 0.25) is 5.02 Å². The fourth-order valence-corrected chi connectivity index (χ4v) is 3.86. The van der Waals surface area contributed by atoms with E-state index in [2.05, 4.69) is 20.1 Å². The van der Waals surface area contributed by atoms with Crippen molar-refractivity contribution in [1.29, 1.82) is 0 Å². The molecule has 9 nitrogen and oxygen atoms in total.